The van der Waals surface area contributed by atoms with Crippen LogP contribution in [-0.4, -0.2) is 64.2 Å². The summed E-state index contributed by atoms with van der Waals surface area (Å²) >= 11 is 0. The first-order chi connectivity index (χ1) is 14.0. The van der Waals surface area contributed by atoms with Crippen LogP contribution in [-0.2, 0) is 11.3 Å². The molecule has 0 spiro atoms. The second-order valence-electron chi connectivity index (χ2n) is 7.15. The molecule has 152 valence electrons. The van der Waals surface area contributed by atoms with Crippen LogP contribution in [0.4, 0.5) is 0 Å². The zero-order valence-electron chi connectivity index (χ0n) is 15.9. The van der Waals surface area contributed by atoms with Gasteiger partial charge in [-0.3, -0.25) is 9.69 Å². The SMILES string of the molecule is COC(=O)c1ccc(CN2C[C@H](O)C[C@H](NC(=O)c3ccc4nc[nH]c4c3)C2)o1. The molecule has 3 aromatic rings. The summed E-state index contributed by atoms with van der Waals surface area (Å²) in [7, 11) is 1.29. The summed E-state index contributed by atoms with van der Waals surface area (Å²) < 4.78 is 10.1. The molecule has 1 aliphatic rings. The van der Waals surface area contributed by atoms with Crippen LogP contribution >= 0.6 is 0 Å². The number of furan rings is 1. The molecule has 0 aliphatic carbocycles. The number of methoxy groups -OCH3 is 1. The van der Waals surface area contributed by atoms with Crippen molar-refractivity contribution < 1.29 is 23.8 Å². The molecule has 1 amide bonds. The number of β-amino-alcohol motifs (C(OH)–C–C–N with tert-alkyl or cyclic N) is 1. The summed E-state index contributed by atoms with van der Waals surface area (Å²) in [6.45, 7) is 1.44. The summed E-state index contributed by atoms with van der Waals surface area (Å²) in [5.74, 6) is -0.00536. The van der Waals surface area contributed by atoms with Gasteiger partial charge in [0.05, 0.1) is 37.1 Å². The molecule has 9 heteroatoms. The monoisotopic (exact) mass is 398 g/mol. The first-order valence-electron chi connectivity index (χ1n) is 9.33. The van der Waals surface area contributed by atoms with Gasteiger partial charge in [-0.1, -0.05) is 0 Å². The fourth-order valence-electron chi connectivity index (χ4n) is 3.63. The molecule has 0 radical (unpaired) electrons. The smallest absolute Gasteiger partial charge is 0.373 e. The number of aliphatic hydroxyl groups excluding tert-OH is 1. The fraction of sp³-hybridized carbons (Fsp3) is 0.350. The third kappa shape index (κ3) is 4.30. The third-order valence-electron chi connectivity index (χ3n) is 4.95. The van der Waals surface area contributed by atoms with E-state index in [4.69, 9.17) is 4.42 Å². The number of aromatic nitrogens is 2. The van der Waals surface area contributed by atoms with E-state index < -0.39 is 12.1 Å². The lowest BCUT2D eigenvalue weighted by Gasteiger charge is -2.35. The molecule has 9 nitrogen and oxygen atoms in total. The number of aliphatic hydroxyl groups is 1. The first kappa shape index (κ1) is 19.2. The second-order valence-corrected chi connectivity index (χ2v) is 7.15. The maximum Gasteiger partial charge on any atom is 0.373 e. The predicted molar refractivity (Wildman–Crippen MR) is 103 cm³/mol. The van der Waals surface area contributed by atoms with Crippen molar-refractivity contribution in [3.05, 3.63) is 53.7 Å². The molecule has 1 aromatic carbocycles. The number of imidazole rings is 1. The zero-order valence-corrected chi connectivity index (χ0v) is 15.9. The van der Waals surface area contributed by atoms with Crippen LogP contribution in [0.1, 0.15) is 33.1 Å². The minimum absolute atomic E-state index is 0.138. The summed E-state index contributed by atoms with van der Waals surface area (Å²) in [4.78, 5) is 33.3. The maximum atomic E-state index is 12.6. The van der Waals surface area contributed by atoms with Gasteiger partial charge in [0.25, 0.3) is 5.91 Å². The lowest BCUT2D eigenvalue weighted by molar-refractivity contribution is 0.0417. The Morgan fingerprint density at radius 3 is 3.03 bits per heavy atom. The highest BCUT2D eigenvalue weighted by atomic mass is 16.5. The van der Waals surface area contributed by atoms with Gasteiger partial charge in [0, 0.05) is 24.7 Å². The largest absolute Gasteiger partial charge is 0.463 e. The number of ether oxygens (including phenoxy) is 1. The number of carbonyl (C=O) groups is 2. The highest BCUT2D eigenvalue weighted by Gasteiger charge is 2.28. The van der Waals surface area contributed by atoms with Crippen molar-refractivity contribution >= 4 is 22.9 Å². The number of carbonyl (C=O) groups excluding carboxylic acids is 2. The second kappa shape index (κ2) is 8.06. The Hall–Kier alpha value is -3.17. The molecule has 4 rings (SSSR count). The van der Waals surface area contributed by atoms with Gasteiger partial charge >= 0.3 is 5.97 Å². The maximum absolute atomic E-state index is 12.6. The Morgan fingerprint density at radius 2 is 2.21 bits per heavy atom. The number of fused-ring (bicyclic) bond motifs is 1. The van der Waals surface area contributed by atoms with E-state index in [1.807, 2.05) is 4.90 Å². The standard InChI is InChI=1S/C20H22N4O5/c1-28-20(27)18-5-3-15(29-18)10-24-8-13(7-14(25)9-24)23-19(26)12-2-4-16-17(6-12)22-11-21-16/h2-6,11,13-14,25H,7-10H2,1H3,(H,21,22)(H,23,26)/t13-,14+/m0/s1. The molecule has 0 unspecified atom stereocenters. The molecule has 2 aromatic heterocycles. The molecule has 3 heterocycles. The number of piperidine rings is 1. The fourth-order valence-corrected chi connectivity index (χ4v) is 3.63. The number of aromatic amines is 1. The summed E-state index contributed by atoms with van der Waals surface area (Å²) in [5.41, 5.74) is 2.12. The molecule has 2 atom stereocenters. The van der Waals surface area contributed by atoms with Crippen LogP contribution in [0.15, 0.2) is 41.1 Å². The van der Waals surface area contributed by atoms with Gasteiger partial charge in [-0.25, -0.2) is 9.78 Å². The van der Waals surface area contributed by atoms with Crippen molar-refractivity contribution in [1.82, 2.24) is 20.2 Å². The lowest BCUT2D eigenvalue weighted by Crippen LogP contribution is -2.52. The van der Waals surface area contributed by atoms with E-state index in [0.717, 1.165) is 11.0 Å². The van der Waals surface area contributed by atoms with Crippen LogP contribution in [0.5, 0.6) is 0 Å². The number of likely N-dealkylation sites (tertiary alicyclic amines) is 1. The lowest BCUT2D eigenvalue weighted by atomic mass is 10.0. The molecule has 1 aliphatic heterocycles. The Balaban J connectivity index is 1.39. The Labute approximate surface area is 166 Å². The number of rotatable bonds is 5. The molecular weight excluding hydrogens is 376 g/mol. The number of nitrogens with one attached hydrogen (secondary N) is 2. The average molecular weight is 398 g/mol. The van der Waals surface area contributed by atoms with Crippen LogP contribution < -0.4 is 5.32 Å². The summed E-state index contributed by atoms with van der Waals surface area (Å²) in [5, 5.41) is 13.2. The molecule has 0 bridgehead atoms. The number of hydrogen-bond acceptors (Lipinski definition) is 7. The minimum atomic E-state index is -0.570. The summed E-state index contributed by atoms with van der Waals surface area (Å²) in [6.07, 6.45) is 1.49. The van der Waals surface area contributed by atoms with Crippen LogP contribution in [0.25, 0.3) is 11.0 Å². The van der Waals surface area contributed by atoms with E-state index in [0.29, 0.717) is 37.4 Å². The van der Waals surface area contributed by atoms with Crippen LogP contribution in [0.2, 0.25) is 0 Å². The van der Waals surface area contributed by atoms with Crippen LogP contribution in [0.3, 0.4) is 0 Å². The molecular formula is C20H22N4O5. The number of hydrogen-bond donors (Lipinski definition) is 3. The third-order valence-corrected chi connectivity index (χ3v) is 4.95. The normalized spacial score (nSPS) is 19.9. The molecule has 29 heavy (non-hydrogen) atoms. The average Bonchev–Trinajstić information content (AvgIpc) is 3.35. The topological polar surface area (TPSA) is 121 Å². The van der Waals surface area contributed by atoms with Crippen molar-refractivity contribution in [2.24, 2.45) is 0 Å². The van der Waals surface area contributed by atoms with Gasteiger partial charge in [-0.15, -0.1) is 0 Å². The van der Waals surface area contributed by atoms with Gasteiger partial charge in [0.2, 0.25) is 5.76 Å². The van der Waals surface area contributed by atoms with Gasteiger partial charge in [0.15, 0.2) is 0 Å². The molecule has 0 saturated carbocycles. The number of H-pyrrole nitrogens is 1. The van der Waals surface area contributed by atoms with Crippen molar-refractivity contribution in [3.63, 3.8) is 0 Å². The van der Waals surface area contributed by atoms with Gasteiger partial charge < -0.3 is 24.6 Å². The van der Waals surface area contributed by atoms with E-state index >= 15 is 0 Å². The van der Waals surface area contributed by atoms with Crippen molar-refractivity contribution in [2.75, 3.05) is 20.2 Å². The van der Waals surface area contributed by atoms with Gasteiger partial charge in [-0.2, -0.15) is 0 Å². The predicted octanol–water partition coefficient (Wildman–Crippen LogP) is 1.31. The molecule has 1 fully saturated rings. The van der Waals surface area contributed by atoms with E-state index in [1.165, 1.54) is 7.11 Å². The number of esters is 1. The number of amides is 1. The first-order valence-corrected chi connectivity index (χ1v) is 9.33. The Morgan fingerprint density at radius 1 is 1.34 bits per heavy atom. The van der Waals surface area contributed by atoms with E-state index in [9.17, 15) is 14.7 Å². The van der Waals surface area contributed by atoms with Crippen molar-refractivity contribution in [3.8, 4) is 0 Å². The zero-order chi connectivity index (χ0) is 20.4. The van der Waals surface area contributed by atoms with Gasteiger partial charge in [0.1, 0.15) is 5.76 Å². The van der Waals surface area contributed by atoms with E-state index in [2.05, 4.69) is 20.0 Å². The van der Waals surface area contributed by atoms with Crippen molar-refractivity contribution in [1.29, 1.82) is 0 Å². The van der Waals surface area contributed by atoms with E-state index in [-0.39, 0.29) is 17.7 Å². The molecule has 3 N–H and O–H groups in total. The van der Waals surface area contributed by atoms with Gasteiger partial charge in [-0.05, 0) is 36.8 Å². The van der Waals surface area contributed by atoms with Crippen LogP contribution in [0, 0.1) is 0 Å². The molecule has 1 saturated heterocycles. The Bertz CT molecular complexity index is 1030. The van der Waals surface area contributed by atoms with E-state index in [1.54, 1.807) is 36.7 Å². The Kier molecular flexibility index (Phi) is 5.32. The minimum Gasteiger partial charge on any atom is -0.463 e. The number of nitrogens with zero attached hydrogens (tertiary/aromatic N) is 2. The highest BCUT2D eigenvalue weighted by molar-refractivity contribution is 5.97. The summed E-state index contributed by atoms with van der Waals surface area (Å²) in [6, 6.07) is 8.34. The van der Waals surface area contributed by atoms with Crippen molar-refractivity contribution in [2.45, 2.75) is 25.1 Å². The highest BCUT2D eigenvalue weighted by Crippen LogP contribution is 2.18. The number of benzene rings is 1. The quantitative estimate of drug-likeness (QED) is 0.554.